The molecule has 0 radical (unpaired) electrons. The molecule has 0 spiro atoms. The summed E-state index contributed by atoms with van der Waals surface area (Å²) in [4.78, 5) is 25.5. The lowest BCUT2D eigenvalue weighted by Gasteiger charge is -2.20. The van der Waals surface area contributed by atoms with Crippen molar-refractivity contribution in [1.29, 1.82) is 0 Å². The highest BCUT2D eigenvalue weighted by Gasteiger charge is 2.32. The number of nitrogens with two attached hydrogens (primary N) is 1. The van der Waals surface area contributed by atoms with Crippen LogP contribution in [0.5, 0.6) is 0 Å². The molecule has 1 aliphatic rings. The van der Waals surface area contributed by atoms with Gasteiger partial charge in [-0.05, 0) is 30.3 Å². The number of halogens is 1. The van der Waals surface area contributed by atoms with Crippen LogP contribution in [0.25, 0.3) is 0 Å². The first-order valence-electron chi connectivity index (χ1n) is 7.48. The molecule has 0 fully saturated rings. The fourth-order valence-corrected chi connectivity index (χ4v) is 3.11. The monoisotopic (exact) mass is 402 g/mol. The minimum Gasteiger partial charge on any atom is -0.623 e. The van der Waals surface area contributed by atoms with Crippen LogP contribution >= 0.6 is 15.9 Å². The van der Waals surface area contributed by atoms with Gasteiger partial charge in [-0.3, -0.25) is 19.9 Å². The lowest BCUT2D eigenvalue weighted by atomic mass is 10.00. The van der Waals surface area contributed by atoms with Crippen molar-refractivity contribution in [3.63, 3.8) is 0 Å². The standard InChI is InChI=1S/C17H15BrN4O3/c18-12-6-7-14-13(8-12)17(11-4-2-1-3-5-11)22(25)10-16(24)21(14)9-15(23)20-19/h1-8H,9-10,19H2,(H,20,23). The van der Waals surface area contributed by atoms with E-state index in [9.17, 15) is 14.8 Å². The SMILES string of the molecule is NNC(=O)CN1C(=O)C[N+]([O-])=C(c2ccccc2)c2cc(Br)ccc21. The molecule has 0 unspecified atom stereocenters. The quantitative estimate of drug-likeness (QED) is 0.264. The number of hydrogen-bond acceptors (Lipinski definition) is 4. The molecule has 0 bridgehead atoms. The van der Waals surface area contributed by atoms with Gasteiger partial charge in [-0.25, -0.2) is 5.84 Å². The Hall–Kier alpha value is -2.71. The van der Waals surface area contributed by atoms with Gasteiger partial charge >= 0.3 is 0 Å². The van der Waals surface area contributed by atoms with Gasteiger partial charge in [0.1, 0.15) is 6.54 Å². The predicted octanol–water partition coefficient (Wildman–Crippen LogP) is 1.13. The van der Waals surface area contributed by atoms with E-state index < -0.39 is 18.4 Å². The zero-order chi connectivity index (χ0) is 18.0. The second-order valence-corrected chi connectivity index (χ2v) is 6.38. The summed E-state index contributed by atoms with van der Waals surface area (Å²) >= 11 is 3.40. The summed E-state index contributed by atoms with van der Waals surface area (Å²) < 4.78 is 1.41. The number of hydrogen-bond donors (Lipinski definition) is 2. The topological polar surface area (TPSA) is 102 Å². The number of hydrazine groups is 1. The fraction of sp³-hybridized carbons (Fsp3) is 0.118. The van der Waals surface area contributed by atoms with E-state index in [0.29, 0.717) is 27.3 Å². The fourth-order valence-electron chi connectivity index (χ4n) is 2.75. The number of nitrogens with zero attached hydrogens (tertiary/aromatic N) is 2. The van der Waals surface area contributed by atoms with Gasteiger partial charge in [-0.1, -0.05) is 34.1 Å². The molecular formula is C17H15BrN4O3. The summed E-state index contributed by atoms with van der Waals surface area (Å²) in [5.41, 5.74) is 4.12. The predicted molar refractivity (Wildman–Crippen MR) is 97.0 cm³/mol. The smallest absolute Gasteiger partial charge is 0.294 e. The summed E-state index contributed by atoms with van der Waals surface area (Å²) in [6, 6.07) is 14.3. The van der Waals surface area contributed by atoms with E-state index in [-0.39, 0.29) is 6.54 Å². The number of benzene rings is 2. The first-order chi connectivity index (χ1) is 12.0. The van der Waals surface area contributed by atoms with E-state index in [2.05, 4.69) is 15.9 Å². The number of carbonyl (C=O) groups excluding carboxylic acids is 2. The molecule has 0 saturated carbocycles. The molecule has 0 aromatic heterocycles. The molecule has 3 N–H and O–H groups in total. The average molecular weight is 403 g/mol. The maximum absolute atomic E-state index is 12.7. The molecule has 1 heterocycles. The highest BCUT2D eigenvalue weighted by Crippen LogP contribution is 2.29. The molecule has 2 aromatic rings. The maximum atomic E-state index is 12.7. The minimum absolute atomic E-state index is 0.264. The number of hydroxylamine groups is 1. The van der Waals surface area contributed by atoms with Crippen molar-refractivity contribution in [2.45, 2.75) is 0 Å². The van der Waals surface area contributed by atoms with E-state index in [1.54, 1.807) is 30.3 Å². The Balaban J connectivity index is 2.21. The largest absolute Gasteiger partial charge is 0.623 e. The van der Waals surface area contributed by atoms with Crippen molar-refractivity contribution < 1.29 is 14.3 Å². The summed E-state index contributed by atoms with van der Waals surface area (Å²) in [5, 5.41) is 12.7. The van der Waals surface area contributed by atoms with E-state index >= 15 is 0 Å². The third kappa shape index (κ3) is 3.40. The Morgan fingerprint density at radius 2 is 2.00 bits per heavy atom. The van der Waals surface area contributed by atoms with Gasteiger partial charge < -0.3 is 5.21 Å². The van der Waals surface area contributed by atoms with E-state index in [1.807, 2.05) is 23.6 Å². The number of anilines is 1. The molecular weight excluding hydrogens is 388 g/mol. The molecule has 1 aliphatic heterocycles. The van der Waals surface area contributed by atoms with Crippen molar-refractivity contribution in [1.82, 2.24) is 5.43 Å². The number of fused-ring (bicyclic) bond motifs is 1. The molecule has 8 heteroatoms. The summed E-state index contributed by atoms with van der Waals surface area (Å²) in [7, 11) is 0. The van der Waals surface area contributed by atoms with Gasteiger partial charge in [0, 0.05) is 10.0 Å². The Morgan fingerprint density at radius 3 is 2.68 bits per heavy atom. The van der Waals surface area contributed by atoms with Crippen LogP contribution in [0.15, 0.2) is 53.0 Å². The number of nitrogens with one attached hydrogen (secondary N) is 1. The van der Waals surface area contributed by atoms with Crippen LogP contribution in [0.1, 0.15) is 11.1 Å². The van der Waals surface area contributed by atoms with Crippen LogP contribution in [0.4, 0.5) is 5.69 Å². The van der Waals surface area contributed by atoms with Gasteiger partial charge in [-0.2, -0.15) is 4.74 Å². The first-order valence-corrected chi connectivity index (χ1v) is 8.27. The summed E-state index contributed by atoms with van der Waals surface area (Å²) in [6.45, 7) is -0.658. The van der Waals surface area contributed by atoms with Crippen LogP contribution in [-0.2, 0) is 9.59 Å². The van der Waals surface area contributed by atoms with Crippen molar-refractivity contribution in [2.75, 3.05) is 18.0 Å². The van der Waals surface area contributed by atoms with Gasteiger partial charge in [0.25, 0.3) is 11.8 Å². The molecule has 0 aliphatic carbocycles. The average Bonchev–Trinajstić information content (AvgIpc) is 2.70. The highest BCUT2D eigenvalue weighted by molar-refractivity contribution is 9.10. The van der Waals surface area contributed by atoms with Crippen LogP contribution in [0.3, 0.4) is 0 Å². The van der Waals surface area contributed by atoms with Crippen LogP contribution in [-0.4, -0.2) is 35.4 Å². The number of carbonyl (C=O) groups is 2. The van der Waals surface area contributed by atoms with E-state index in [1.165, 1.54) is 4.90 Å². The summed E-state index contributed by atoms with van der Waals surface area (Å²) in [5.74, 6) is 4.14. The maximum Gasteiger partial charge on any atom is 0.294 e. The normalized spacial score (nSPS) is 14.2. The third-order valence-corrected chi connectivity index (χ3v) is 4.34. The van der Waals surface area contributed by atoms with Gasteiger partial charge in [0.05, 0.1) is 11.3 Å². The number of benzodiazepines with no additional fused rings is 1. The van der Waals surface area contributed by atoms with Crippen molar-refractivity contribution in [2.24, 2.45) is 5.84 Å². The zero-order valence-electron chi connectivity index (χ0n) is 13.1. The van der Waals surface area contributed by atoms with Gasteiger partial charge in [-0.15, -0.1) is 0 Å². The second kappa shape index (κ2) is 7.04. The van der Waals surface area contributed by atoms with Crippen LogP contribution in [0.2, 0.25) is 0 Å². The highest BCUT2D eigenvalue weighted by atomic mass is 79.9. The Labute approximate surface area is 152 Å². The Morgan fingerprint density at radius 1 is 1.28 bits per heavy atom. The van der Waals surface area contributed by atoms with Crippen molar-refractivity contribution in [3.8, 4) is 0 Å². The molecule has 2 aromatic carbocycles. The van der Waals surface area contributed by atoms with Crippen molar-refractivity contribution in [3.05, 3.63) is 69.3 Å². The van der Waals surface area contributed by atoms with E-state index in [4.69, 9.17) is 5.84 Å². The second-order valence-electron chi connectivity index (χ2n) is 5.46. The molecule has 128 valence electrons. The first kappa shape index (κ1) is 17.1. The van der Waals surface area contributed by atoms with Gasteiger partial charge in [0.15, 0.2) is 0 Å². The summed E-state index contributed by atoms with van der Waals surface area (Å²) in [6.07, 6.45) is 0. The lowest BCUT2D eigenvalue weighted by Crippen LogP contribution is -2.44. The zero-order valence-corrected chi connectivity index (χ0v) is 14.7. The van der Waals surface area contributed by atoms with E-state index in [0.717, 1.165) is 4.47 Å². The van der Waals surface area contributed by atoms with Crippen molar-refractivity contribution >= 4 is 39.1 Å². The lowest BCUT2D eigenvalue weighted by molar-refractivity contribution is -0.443. The third-order valence-electron chi connectivity index (χ3n) is 3.84. The van der Waals surface area contributed by atoms with Gasteiger partial charge in [0.2, 0.25) is 12.3 Å². The number of amides is 2. The Bertz CT molecular complexity index is 867. The molecule has 2 amide bonds. The Kier molecular flexibility index (Phi) is 4.82. The minimum atomic E-state index is -0.525. The number of rotatable bonds is 3. The molecule has 0 atom stereocenters. The van der Waals surface area contributed by atoms with Crippen LogP contribution < -0.4 is 16.2 Å². The molecule has 25 heavy (non-hydrogen) atoms. The molecule has 7 nitrogen and oxygen atoms in total. The van der Waals surface area contributed by atoms with Crippen LogP contribution in [0, 0.1) is 5.21 Å². The molecule has 3 rings (SSSR count). The molecule has 0 saturated heterocycles.